The third-order valence-electron chi connectivity index (χ3n) is 2.07. The molecule has 0 radical (unpaired) electrons. The number of anilines is 1. The van der Waals surface area contributed by atoms with Crippen LogP contribution in [0.5, 0.6) is 0 Å². The average Bonchev–Trinajstić information content (AvgIpc) is 2.24. The molecule has 0 saturated heterocycles. The van der Waals surface area contributed by atoms with E-state index in [1.807, 2.05) is 0 Å². The van der Waals surface area contributed by atoms with Crippen molar-refractivity contribution in [2.45, 2.75) is 26.8 Å². The number of carbonyl (C=O) groups is 1. The first-order valence-electron chi connectivity index (χ1n) is 5.24. The predicted octanol–water partition coefficient (Wildman–Crippen LogP) is 3.05. The van der Waals surface area contributed by atoms with Gasteiger partial charge in [0, 0.05) is 17.5 Å². The molecule has 0 amide bonds. The summed E-state index contributed by atoms with van der Waals surface area (Å²) in [4.78, 5) is 26.5. The van der Waals surface area contributed by atoms with E-state index < -0.39 is 10.9 Å². The van der Waals surface area contributed by atoms with Gasteiger partial charge in [0.15, 0.2) is 5.69 Å². The second-order valence-electron chi connectivity index (χ2n) is 3.89. The Morgan fingerprint density at radius 2 is 2.11 bits per heavy atom. The molecule has 0 N–H and O–H groups in total. The molecule has 1 rings (SSSR count). The van der Waals surface area contributed by atoms with E-state index in [1.165, 1.54) is 18.1 Å². The van der Waals surface area contributed by atoms with Crippen LogP contribution in [0.2, 0.25) is 0 Å². The van der Waals surface area contributed by atoms with Crippen LogP contribution in [0.1, 0.15) is 20.8 Å². The number of carbonyl (C=O) groups excluding carboxylic acids is 1. The molecule has 0 saturated carbocycles. The van der Waals surface area contributed by atoms with Crippen LogP contribution < -0.4 is 5.06 Å². The summed E-state index contributed by atoms with van der Waals surface area (Å²) in [5.41, 5.74) is 0.118. The fourth-order valence-electron chi connectivity index (χ4n) is 1.40. The molecule has 0 aliphatic rings. The van der Waals surface area contributed by atoms with Crippen LogP contribution in [0.25, 0.3) is 0 Å². The molecule has 0 aliphatic carbocycles. The normalized spacial score (nSPS) is 10.3. The maximum atomic E-state index is 11.1. The lowest BCUT2D eigenvalue weighted by Gasteiger charge is -2.26. The zero-order valence-corrected chi connectivity index (χ0v) is 11.8. The van der Waals surface area contributed by atoms with E-state index >= 15 is 0 Å². The number of hydrogen-bond acceptors (Lipinski definition) is 5. The van der Waals surface area contributed by atoms with Crippen molar-refractivity contribution in [3.63, 3.8) is 0 Å². The first-order valence-corrected chi connectivity index (χ1v) is 6.04. The van der Waals surface area contributed by atoms with Crippen molar-refractivity contribution in [3.05, 3.63) is 32.8 Å². The van der Waals surface area contributed by atoms with Gasteiger partial charge in [0.05, 0.1) is 11.0 Å². The number of rotatable bonds is 4. The van der Waals surface area contributed by atoms with Gasteiger partial charge in [-0.25, -0.2) is 0 Å². The standard InChI is InChI=1S/C11H13BrN2O4/c1-7(2)13(18-8(3)15)11-6-9(12)4-5-10(11)14(16)17/h4-7H,1-3H3. The number of nitro groups is 1. The molecule has 0 atom stereocenters. The third kappa shape index (κ3) is 3.43. The summed E-state index contributed by atoms with van der Waals surface area (Å²) in [7, 11) is 0. The van der Waals surface area contributed by atoms with Gasteiger partial charge in [0.1, 0.15) is 0 Å². The number of halogens is 1. The Hall–Kier alpha value is -1.63. The average molecular weight is 317 g/mol. The Kier molecular flexibility index (Phi) is 4.66. The number of benzene rings is 1. The second-order valence-corrected chi connectivity index (χ2v) is 4.81. The highest BCUT2D eigenvalue weighted by molar-refractivity contribution is 9.10. The first kappa shape index (κ1) is 14.4. The van der Waals surface area contributed by atoms with Crippen molar-refractivity contribution in [1.29, 1.82) is 0 Å². The molecule has 0 bridgehead atoms. The molecule has 0 heterocycles. The lowest BCUT2D eigenvalue weighted by atomic mass is 10.2. The van der Waals surface area contributed by atoms with Crippen LogP contribution in [-0.2, 0) is 9.63 Å². The van der Waals surface area contributed by atoms with Gasteiger partial charge in [-0.05, 0) is 26.0 Å². The summed E-state index contributed by atoms with van der Waals surface area (Å²) in [6, 6.07) is 4.25. The Labute approximate surface area is 113 Å². The smallest absolute Gasteiger partial charge is 0.329 e. The zero-order chi connectivity index (χ0) is 13.9. The summed E-state index contributed by atoms with van der Waals surface area (Å²) in [5.74, 6) is -0.530. The van der Waals surface area contributed by atoms with E-state index in [9.17, 15) is 14.9 Å². The van der Waals surface area contributed by atoms with E-state index in [0.717, 1.165) is 0 Å². The third-order valence-corrected chi connectivity index (χ3v) is 2.56. The monoisotopic (exact) mass is 316 g/mol. The maximum Gasteiger partial charge on any atom is 0.329 e. The highest BCUT2D eigenvalue weighted by atomic mass is 79.9. The van der Waals surface area contributed by atoms with Gasteiger partial charge in [-0.3, -0.25) is 14.9 Å². The molecule has 98 valence electrons. The molecular formula is C11H13BrN2O4. The highest BCUT2D eigenvalue weighted by Crippen LogP contribution is 2.32. The van der Waals surface area contributed by atoms with E-state index in [4.69, 9.17) is 4.84 Å². The van der Waals surface area contributed by atoms with E-state index in [0.29, 0.717) is 4.47 Å². The zero-order valence-electron chi connectivity index (χ0n) is 10.2. The lowest BCUT2D eigenvalue weighted by molar-refractivity contribution is -0.384. The Morgan fingerprint density at radius 1 is 1.50 bits per heavy atom. The molecule has 0 spiro atoms. The fourth-order valence-corrected chi connectivity index (χ4v) is 1.75. The maximum absolute atomic E-state index is 11.1. The van der Waals surface area contributed by atoms with Gasteiger partial charge < -0.3 is 4.84 Å². The molecule has 0 aromatic heterocycles. The Morgan fingerprint density at radius 3 is 2.56 bits per heavy atom. The topological polar surface area (TPSA) is 72.7 Å². The fraction of sp³-hybridized carbons (Fsp3) is 0.364. The molecule has 1 aromatic carbocycles. The number of hydroxylamine groups is 1. The van der Waals surface area contributed by atoms with Crippen LogP contribution >= 0.6 is 15.9 Å². The van der Waals surface area contributed by atoms with Crippen LogP contribution in [0.4, 0.5) is 11.4 Å². The Balaban J connectivity index is 3.29. The van der Waals surface area contributed by atoms with Gasteiger partial charge in [-0.2, -0.15) is 5.06 Å². The number of nitrogens with zero attached hydrogens (tertiary/aromatic N) is 2. The van der Waals surface area contributed by atoms with Crippen molar-refractivity contribution < 1.29 is 14.6 Å². The molecule has 1 aromatic rings. The Bertz CT molecular complexity index is 476. The van der Waals surface area contributed by atoms with Gasteiger partial charge in [-0.1, -0.05) is 15.9 Å². The number of nitro benzene ring substituents is 1. The van der Waals surface area contributed by atoms with E-state index in [-0.39, 0.29) is 17.4 Å². The minimum Gasteiger partial charge on any atom is -0.341 e. The van der Waals surface area contributed by atoms with Gasteiger partial charge in [-0.15, -0.1) is 0 Å². The van der Waals surface area contributed by atoms with Crippen molar-refractivity contribution in [2.75, 3.05) is 5.06 Å². The van der Waals surface area contributed by atoms with E-state index in [1.54, 1.807) is 26.0 Å². The molecule has 0 aliphatic heterocycles. The van der Waals surface area contributed by atoms with Crippen molar-refractivity contribution in [2.24, 2.45) is 0 Å². The van der Waals surface area contributed by atoms with Gasteiger partial charge in [0.2, 0.25) is 0 Å². The van der Waals surface area contributed by atoms with Gasteiger partial charge >= 0.3 is 5.97 Å². The van der Waals surface area contributed by atoms with Crippen molar-refractivity contribution >= 4 is 33.3 Å². The molecule has 0 unspecified atom stereocenters. The summed E-state index contributed by atoms with van der Waals surface area (Å²) in [6.07, 6.45) is 0. The summed E-state index contributed by atoms with van der Waals surface area (Å²) in [6.45, 7) is 4.79. The molecule has 6 nitrogen and oxygen atoms in total. The van der Waals surface area contributed by atoms with Crippen LogP contribution in [0.15, 0.2) is 22.7 Å². The van der Waals surface area contributed by atoms with Crippen LogP contribution in [0, 0.1) is 10.1 Å². The minimum absolute atomic E-state index is 0.117. The summed E-state index contributed by atoms with van der Waals surface area (Å²) >= 11 is 3.24. The van der Waals surface area contributed by atoms with Gasteiger partial charge in [0.25, 0.3) is 5.69 Å². The van der Waals surface area contributed by atoms with Crippen molar-refractivity contribution in [1.82, 2.24) is 0 Å². The lowest BCUT2D eigenvalue weighted by Crippen LogP contribution is -2.33. The minimum atomic E-state index is -0.530. The van der Waals surface area contributed by atoms with E-state index in [2.05, 4.69) is 15.9 Å². The highest BCUT2D eigenvalue weighted by Gasteiger charge is 2.24. The molecular weight excluding hydrogens is 304 g/mol. The predicted molar refractivity (Wildman–Crippen MR) is 70.2 cm³/mol. The second kappa shape index (κ2) is 5.81. The summed E-state index contributed by atoms with van der Waals surface area (Å²) < 4.78 is 0.668. The molecule has 18 heavy (non-hydrogen) atoms. The molecule has 0 fully saturated rings. The largest absolute Gasteiger partial charge is 0.341 e. The molecule has 7 heteroatoms. The summed E-state index contributed by atoms with van der Waals surface area (Å²) in [5, 5.41) is 12.2. The first-order chi connectivity index (χ1) is 8.32. The van der Waals surface area contributed by atoms with Crippen LogP contribution in [-0.4, -0.2) is 16.9 Å². The SMILES string of the molecule is CC(=O)ON(c1cc(Br)ccc1[N+](=O)[O-])C(C)C. The van der Waals surface area contributed by atoms with Crippen LogP contribution in [0.3, 0.4) is 0 Å². The quantitative estimate of drug-likeness (QED) is 0.630. The van der Waals surface area contributed by atoms with Crippen molar-refractivity contribution in [3.8, 4) is 0 Å². The number of hydrogen-bond donors (Lipinski definition) is 0.